The minimum absolute atomic E-state index is 0.0203. The molecule has 2 rings (SSSR count). The second kappa shape index (κ2) is 5.90. The third-order valence-corrected chi connectivity index (χ3v) is 3.72. The molecule has 1 aromatic carbocycles. The van der Waals surface area contributed by atoms with Crippen molar-refractivity contribution in [3.8, 4) is 0 Å². The van der Waals surface area contributed by atoms with Gasteiger partial charge in [-0.05, 0) is 24.1 Å². The molecule has 0 radical (unpaired) electrons. The Morgan fingerprint density at radius 3 is 2.63 bits per heavy atom. The molecule has 19 heavy (non-hydrogen) atoms. The number of amides is 1. The van der Waals surface area contributed by atoms with Gasteiger partial charge in [-0.2, -0.15) is 0 Å². The van der Waals surface area contributed by atoms with Gasteiger partial charge in [-0.25, -0.2) is 0 Å². The largest absolute Gasteiger partial charge is 0.387 e. The summed E-state index contributed by atoms with van der Waals surface area (Å²) in [5.41, 5.74) is 0.433. The van der Waals surface area contributed by atoms with Crippen molar-refractivity contribution < 1.29 is 9.90 Å². The fourth-order valence-electron chi connectivity index (χ4n) is 2.18. The van der Waals surface area contributed by atoms with Crippen LogP contribution in [0.25, 0.3) is 0 Å². The maximum Gasteiger partial charge on any atom is 0.234 e. The molecule has 0 spiro atoms. The van der Waals surface area contributed by atoms with E-state index in [1.54, 1.807) is 12.1 Å². The number of carbonyl (C=O) groups is 1. The molecule has 0 atom stereocenters. The summed E-state index contributed by atoms with van der Waals surface area (Å²) in [6.45, 7) is 3.96. The molecular formula is C14H19ClN2O2. The molecule has 1 heterocycles. The molecule has 104 valence electrons. The highest BCUT2D eigenvalue weighted by Crippen LogP contribution is 2.23. The van der Waals surface area contributed by atoms with Crippen LogP contribution in [0, 0.1) is 0 Å². The minimum atomic E-state index is -0.587. The number of rotatable bonds is 5. The van der Waals surface area contributed by atoms with Crippen molar-refractivity contribution in [1.29, 1.82) is 0 Å². The van der Waals surface area contributed by atoms with E-state index in [0.717, 1.165) is 12.0 Å². The number of halogens is 1. The molecule has 0 bridgehead atoms. The Kier molecular flexibility index (Phi) is 4.45. The molecular weight excluding hydrogens is 264 g/mol. The Bertz CT molecular complexity index is 441. The Morgan fingerprint density at radius 2 is 2.05 bits per heavy atom. The number of nitrogens with zero attached hydrogens (tertiary/aromatic N) is 1. The minimum Gasteiger partial charge on any atom is -0.387 e. The van der Waals surface area contributed by atoms with E-state index in [9.17, 15) is 9.90 Å². The van der Waals surface area contributed by atoms with Crippen LogP contribution >= 0.6 is 11.6 Å². The van der Waals surface area contributed by atoms with Gasteiger partial charge in [0.15, 0.2) is 0 Å². The lowest BCUT2D eigenvalue weighted by atomic mass is 9.91. The third kappa shape index (κ3) is 3.93. The van der Waals surface area contributed by atoms with Crippen LogP contribution in [0.4, 0.5) is 0 Å². The van der Waals surface area contributed by atoms with Crippen LogP contribution in [0.5, 0.6) is 0 Å². The van der Waals surface area contributed by atoms with Gasteiger partial charge in [0.05, 0.1) is 12.1 Å². The highest BCUT2D eigenvalue weighted by molar-refractivity contribution is 6.30. The topological polar surface area (TPSA) is 52.6 Å². The summed E-state index contributed by atoms with van der Waals surface area (Å²) in [5.74, 6) is -0.0203. The van der Waals surface area contributed by atoms with Crippen LogP contribution in [0.2, 0.25) is 5.02 Å². The lowest BCUT2D eigenvalue weighted by molar-refractivity contribution is -0.133. The van der Waals surface area contributed by atoms with Crippen LogP contribution in [-0.4, -0.2) is 41.1 Å². The Morgan fingerprint density at radius 1 is 1.42 bits per heavy atom. The lowest BCUT2D eigenvalue weighted by Crippen LogP contribution is -2.62. The zero-order valence-corrected chi connectivity index (χ0v) is 11.8. The van der Waals surface area contributed by atoms with Crippen molar-refractivity contribution in [3.05, 3.63) is 34.9 Å². The van der Waals surface area contributed by atoms with Gasteiger partial charge in [0.25, 0.3) is 0 Å². The fourth-order valence-corrected chi connectivity index (χ4v) is 2.31. The average molecular weight is 283 g/mol. The van der Waals surface area contributed by atoms with Crippen molar-refractivity contribution in [2.45, 2.75) is 25.5 Å². The summed E-state index contributed by atoms with van der Waals surface area (Å²) in [4.78, 5) is 13.7. The van der Waals surface area contributed by atoms with Gasteiger partial charge in [0.1, 0.15) is 0 Å². The number of hydrogen-bond donors (Lipinski definition) is 2. The number of β-amino-alcohol motifs (C(OH)–C–C–N with tert-alkyl or cyclic N) is 1. The predicted molar refractivity (Wildman–Crippen MR) is 75.0 cm³/mol. The quantitative estimate of drug-likeness (QED) is 0.859. The molecule has 5 heteroatoms. The molecule has 4 nitrogen and oxygen atoms in total. The summed E-state index contributed by atoms with van der Waals surface area (Å²) >= 11 is 5.79. The number of likely N-dealkylation sites (tertiary alicyclic amines) is 1. The van der Waals surface area contributed by atoms with E-state index >= 15 is 0 Å². The van der Waals surface area contributed by atoms with Gasteiger partial charge >= 0.3 is 0 Å². The van der Waals surface area contributed by atoms with Gasteiger partial charge in [-0.15, -0.1) is 0 Å². The standard InChI is InChI=1S/C14H19ClN2O2/c1-2-14(19)9-17(10-14)8-13(18)16-7-11-3-5-12(15)6-4-11/h3-6,19H,2,7-10H2,1H3,(H,16,18). The Hall–Kier alpha value is -1.10. The maximum atomic E-state index is 11.7. The van der Waals surface area contributed by atoms with E-state index in [1.807, 2.05) is 24.0 Å². The molecule has 2 N–H and O–H groups in total. The molecule has 1 amide bonds. The van der Waals surface area contributed by atoms with E-state index in [1.165, 1.54) is 0 Å². The first-order valence-corrected chi connectivity index (χ1v) is 6.84. The van der Waals surface area contributed by atoms with Crippen molar-refractivity contribution >= 4 is 17.5 Å². The molecule has 1 aliphatic heterocycles. The zero-order valence-electron chi connectivity index (χ0n) is 11.0. The summed E-state index contributed by atoms with van der Waals surface area (Å²) in [6.07, 6.45) is 0.732. The van der Waals surface area contributed by atoms with Gasteiger partial charge in [-0.1, -0.05) is 30.7 Å². The van der Waals surface area contributed by atoms with Crippen LogP contribution < -0.4 is 5.32 Å². The monoisotopic (exact) mass is 282 g/mol. The van der Waals surface area contributed by atoms with E-state index in [0.29, 0.717) is 31.2 Å². The number of carbonyl (C=O) groups excluding carboxylic acids is 1. The predicted octanol–water partition coefficient (Wildman–Crippen LogP) is 1.41. The number of nitrogens with one attached hydrogen (secondary N) is 1. The molecule has 1 aliphatic rings. The van der Waals surface area contributed by atoms with Crippen molar-refractivity contribution in [3.63, 3.8) is 0 Å². The highest BCUT2D eigenvalue weighted by Gasteiger charge is 2.39. The Labute approximate surface area is 118 Å². The number of benzene rings is 1. The first kappa shape index (κ1) is 14.3. The molecule has 1 aromatic rings. The second-order valence-electron chi connectivity index (χ2n) is 5.13. The van der Waals surface area contributed by atoms with Gasteiger partial charge < -0.3 is 10.4 Å². The van der Waals surface area contributed by atoms with Crippen molar-refractivity contribution in [2.24, 2.45) is 0 Å². The second-order valence-corrected chi connectivity index (χ2v) is 5.56. The van der Waals surface area contributed by atoms with Crippen LogP contribution in [0.1, 0.15) is 18.9 Å². The van der Waals surface area contributed by atoms with E-state index in [-0.39, 0.29) is 5.91 Å². The molecule has 1 fully saturated rings. The Balaban J connectivity index is 1.70. The van der Waals surface area contributed by atoms with Gasteiger partial charge in [0, 0.05) is 24.7 Å². The van der Waals surface area contributed by atoms with E-state index in [4.69, 9.17) is 11.6 Å². The maximum absolute atomic E-state index is 11.7. The normalized spacial score (nSPS) is 17.8. The first-order valence-electron chi connectivity index (χ1n) is 6.47. The summed E-state index contributed by atoms with van der Waals surface area (Å²) in [6, 6.07) is 7.39. The van der Waals surface area contributed by atoms with Gasteiger partial charge in [-0.3, -0.25) is 9.69 Å². The van der Waals surface area contributed by atoms with Crippen LogP contribution in [-0.2, 0) is 11.3 Å². The SMILES string of the molecule is CCC1(O)CN(CC(=O)NCc2ccc(Cl)cc2)C1. The zero-order chi connectivity index (χ0) is 13.9. The smallest absolute Gasteiger partial charge is 0.234 e. The van der Waals surface area contributed by atoms with Crippen LogP contribution in [0.15, 0.2) is 24.3 Å². The van der Waals surface area contributed by atoms with Crippen molar-refractivity contribution in [1.82, 2.24) is 10.2 Å². The fraction of sp³-hybridized carbons (Fsp3) is 0.500. The lowest BCUT2D eigenvalue weighted by Gasteiger charge is -2.45. The number of hydrogen-bond acceptors (Lipinski definition) is 3. The third-order valence-electron chi connectivity index (χ3n) is 3.46. The first-order chi connectivity index (χ1) is 9.00. The van der Waals surface area contributed by atoms with Crippen molar-refractivity contribution in [2.75, 3.05) is 19.6 Å². The average Bonchev–Trinajstić information content (AvgIpc) is 2.36. The highest BCUT2D eigenvalue weighted by atomic mass is 35.5. The number of aliphatic hydroxyl groups is 1. The van der Waals surface area contributed by atoms with Crippen LogP contribution in [0.3, 0.4) is 0 Å². The molecule has 0 aromatic heterocycles. The van der Waals surface area contributed by atoms with Gasteiger partial charge in [0.2, 0.25) is 5.91 Å². The summed E-state index contributed by atoms with van der Waals surface area (Å²) < 4.78 is 0. The molecule has 0 saturated carbocycles. The summed E-state index contributed by atoms with van der Waals surface area (Å²) in [5, 5.41) is 13.4. The molecule has 1 saturated heterocycles. The summed E-state index contributed by atoms with van der Waals surface area (Å²) in [7, 11) is 0. The molecule has 0 aliphatic carbocycles. The molecule has 0 unspecified atom stereocenters. The van der Waals surface area contributed by atoms with E-state index in [2.05, 4.69) is 5.32 Å². The van der Waals surface area contributed by atoms with E-state index < -0.39 is 5.60 Å².